The van der Waals surface area contributed by atoms with Crippen molar-refractivity contribution in [1.29, 1.82) is 10.8 Å². The monoisotopic (exact) mass is 103 g/mol. The Morgan fingerprint density at radius 2 is 1.86 bits per heavy atom. The van der Waals surface area contributed by atoms with Gasteiger partial charge in [0.15, 0.2) is 0 Å². The lowest BCUT2D eigenvalue weighted by molar-refractivity contribution is -0.135. The fourth-order valence-corrected chi connectivity index (χ4v) is 0. The van der Waals surface area contributed by atoms with Crippen molar-refractivity contribution in [3.8, 4) is 0 Å². The van der Waals surface area contributed by atoms with E-state index in [4.69, 9.17) is 15.9 Å². The van der Waals surface area contributed by atoms with Gasteiger partial charge in [-0.05, 0) is 0 Å². The number of carbonyl (C=O) groups is 1. The van der Waals surface area contributed by atoms with Crippen LogP contribution in [0.15, 0.2) is 0 Å². The lowest BCUT2D eigenvalue weighted by atomic mass is 10.7. The van der Waals surface area contributed by atoms with E-state index in [2.05, 4.69) is 5.73 Å². The van der Waals surface area contributed by atoms with Crippen molar-refractivity contribution in [3.05, 3.63) is 0 Å². The molecule has 0 rings (SSSR count). The number of carboxylic acids is 1. The van der Waals surface area contributed by atoms with Gasteiger partial charge in [0.25, 0.3) is 0 Å². The van der Waals surface area contributed by atoms with E-state index >= 15 is 0 Å². The normalized spacial score (nSPS) is 5.57. The van der Waals surface area contributed by atoms with Crippen molar-refractivity contribution in [2.75, 3.05) is 6.54 Å². The topological polar surface area (TPSA) is 111 Å². The summed E-state index contributed by atoms with van der Waals surface area (Å²) in [6, 6.07) is 0. The van der Waals surface area contributed by atoms with Gasteiger partial charge in [-0.2, -0.15) is 0 Å². The highest BCUT2D eigenvalue weighted by molar-refractivity contribution is 5.68. The predicted octanol–water partition coefficient (Wildman–Crippen LogP) is -0.940. The maximum absolute atomic E-state index is 9.24. The second kappa shape index (κ2) is 8.85. The molecule has 0 unspecified atom stereocenters. The molecular weight excluding hydrogens is 98.0 g/mol. The summed E-state index contributed by atoms with van der Waals surface area (Å²) in [6.45, 7) is -0.278. The van der Waals surface area contributed by atoms with Crippen LogP contribution in [0, 0.1) is 10.8 Å². The lowest BCUT2D eigenvalue weighted by Gasteiger charge is -1.73. The molecule has 5 heteroatoms. The number of hydrogen-bond donors (Lipinski definition) is 2. The minimum Gasteiger partial charge on any atom is -0.480 e. The number of nitrogens with two attached hydrogens (primary N) is 1. The van der Waals surface area contributed by atoms with Crippen molar-refractivity contribution in [2.45, 2.75) is 0 Å². The minimum atomic E-state index is -0.968. The fraction of sp³-hybridized carbons (Fsp3) is 0.500. The van der Waals surface area contributed by atoms with Gasteiger partial charge in [-0.1, -0.05) is 0 Å². The van der Waals surface area contributed by atoms with E-state index in [1.165, 1.54) is 0 Å². The molecule has 0 spiro atoms. The first-order chi connectivity index (χ1) is 3.27. The first-order valence-electron chi connectivity index (χ1n) is 1.39. The van der Waals surface area contributed by atoms with Crippen molar-refractivity contribution < 1.29 is 9.90 Å². The Bertz CT molecular complexity index is 68.6. The van der Waals surface area contributed by atoms with Crippen LogP contribution in [0.25, 0.3) is 0 Å². The molecule has 0 aliphatic carbocycles. The Labute approximate surface area is 40.2 Å². The largest absolute Gasteiger partial charge is 0.480 e. The summed E-state index contributed by atoms with van der Waals surface area (Å²) in [4.78, 5) is 9.24. The molecule has 0 fully saturated rings. The fourth-order valence-electron chi connectivity index (χ4n) is 0. The van der Waals surface area contributed by atoms with Gasteiger partial charge in [0, 0.05) is 10.8 Å². The van der Waals surface area contributed by atoms with Crippen LogP contribution in [0.1, 0.15) is 0 Å². The van der Waals surface area contributed by atoms with Gasteiger partial charge in [0.1, 0.15) is 0 Å². The van der Waals surface area contributed by atoms with Crippen molar-refractivity contribution >= 4 is 5.97 Å². The lowest BCUT2D eigenvalue weighted by Crippen LogP contribution is -2.10. The van der Waals surface area contributed by atoms with Crippen LogP contribution in [0.5, 0.6) is 0 Å². The summed E-state index contributed by atoms with van der Waals surface area (Å²) in [5.74, 6) is -0.968. The van der Waals surface area contributed by atoms with Crippen molar-refractivity contribution in [3.63, 3.8) is 0 Å². The van der Waals surface area contributed by atoms with E-state index in [9.17, 15) is 4.79 Å². The number of nitrogens with zero attached hydrogens (tertiary/aromatic N) is 2. The second-order valence-corrected chi connectivity index (χ2v) is 0.598. The highest BCUT2D eigenvalue weighted by Crippen LogP contribution is 1.43. The molecule has 3 N–H and O–H groups in total. The van der Waals surface area contributed by atoms with Crippen LogP contribution < -0.4 is 5.73 Å². The van der Waals surface area contributed by atoms with Gasteiger partial charge in [0.2, 0.25) is 0 Å². The quantitative estimate of drug-likeness (QED) is 0.416. The molecule has 0 aromatic carbocycles. The van der Waals surface area contributed by atoms with Crippen molar-refractivity contribution in [1.82, 2.24) is 0 Å². The summed E-state index contributed by atoms with van der Waals surface area (Å²) < 4.78 is 0. The smallest absolute Gasteiger partial charge is 0.317 e. The minimum absolute atomic E-state index is 0.278. The molecule has 0 aliphatic heterocycles. The Morgan fingerprint density at radius 3 is 1.86 bits per heavy atom. The number of hydrogen-bond acceptors (Lipinski definition) is 4. The molecule has 0 heterocycles. The first kappa shape index (κ1) is 9.28. The highest BCUT2D eigenvalue weighted by atomic mass is 16.4. The summed E-state index contributed by atoms with van der Waals surface area (Å²) in [6.07, 6.45) is 0. The molecular formula is C2H5N3O2. The summed E-state index contributed by atoms with van der Waals surface area (Å²) in [5.41, 5.74) is 4.57. The van der Waals surface area contributed by atoms with Crippen LogP contribution in [-0.4, -0.2) is 17.6 Å². The molecule has 0 saturated heterocycles. The molecule has 5 nitrogen and oxygen atoms in total. The number of rotatable bonds is 1. The van der Waals surface area contributed by atoms with E-state index in [1.807, 2.05) is 0 Å². The van der Waals surface area contributed by atoms with Gasteiger partial charge >= 0.3 is 5.97 Å². The Hall–Kier alpha value is -1.15. The van der Waals surface area contributed by atoms with E-state index in [0.29, 0.717) is 0 Å². The standard InChI is InChI=1S/C2H5NO2.N2/c3-1-2(4)5;1-2/h1,3H2,(H,4,5);. The third-order valence-corrected chi connectivity index (χ3v) is 0.175. The number of aliphatic carboxylic acids is 1. The zero-order valence-electron chi connectivity index (χ0n) is 3.53. The average Bonchev–Trinajstić information content (AvgIpc) is 1.73. The Balaban J connectivity index is 0. The van der Waals surface area contributed by atoms with Gasteiger partial charge in [-0.25, -0.2) is 0 Å². The van der Waals surface area contributed by atoms with Crippen LogP contribution in [0.3, 0.4) is 0 Å². The molecule has 40 valence electrons. The van der Waals surface area contributed by atoms with Gasteiger partial charge < -0.3 is 10.8 Å². The average molecular weight is 103 g/mol. The molecule has 0 atom stereocenters. The molecule has 0 aromatic rings. The molecule has 0 radical (unpaired) electrons. The van der Waals surface area contributed by atoms with Crippen LogP contribution in [0.4, 0.5) is 0 Å². The van der Waals surface area contributed by atoms with Gasteiger partial charge in [-0.15, -0.1) is 0 Å². The molecule has 0 bridgehead atoms. The van der Waals surface area contributed by atoms with E-state index < -0.39 is 5.97 Å². The third kappa shape index (κ3) is 54.5. The zero-order chi connectivity index (χ0) is 6.28. The molecule has 0 amide bonds. The second-order valence-electron chi connectivity index (χ2n) is 0.598. The first-order valence-corrected chi connectivity index (χ1v) is 1.39. The molecule has 0 aliphatic rings. The van der Waals surface area contributed by atoms with Gasteiger partial charge in [0.05, 0.1) is 6.54 Å². The summed E-state index contributed by atoms with van der Waals surface area (Å²) in [5, 5.41) is 19.6. The zero-order valence-corrected chi connectivity index (χ0v) is 3.53. The summed E-state index contributed by atoms with van der Waals surface area (Å²) >= 11 is 0. The van der Waals surface area contributed by atoms with Crippen LogP contribution in [0.2, 0.25) is 0 Å². The maximum atomic E-state index is 9.24. The molecule has 0 aromatic heterocycles. The Kier molecular flexibility index (Phi) is 11.7. The van der Waals surface area contributed by atoms with Crippen LogP contribution in [-0.2, 0) is 4.79 Å². The molecule has 7 heavy (non-hydrogen) atoms. The maximum Gasteiger partial charge on any atom is 0.317 e. The van der Waals surface area contributed by atoms with Crippen molar-refractivity contribution in [2.24, 2.45) is 5.73 Å². The van der Waals surface area contributed by atoms with Gasteiger partial charge in [-0.3, -0.25) is 4.79 Å². The summed E-state index contributed by atoms with van der Waals surface area (Å²) in [7, 11) is 0. The predicted molar refractivity (Wildman–Crippen MR) is 20.1 cm³/mol. The highest BCUT2D eigenvalue weighted by Gasteiger charge is 1.81. The third-order valence-electron chi connectivity index (χ3n) is 0.175. The van der Waals surface area contributed by atoms with E-state index in [1.54, 1.807) is 0 Å². The van der Waals surface area contributed by atoms with E-state index in [-0.39, 0.29) is 6.54 Å². The van der Waals surface area contributed by atoms with E-state index in [0.717, 1.165) is 0 Å². The SMILES string of the molecule is N#N.NCC(=O)O. The number of carboxylic acid groups (broad SMARTS) is 1. The van der Waals surface area contributed by atoms with Crippen LogP contribution >= 0.6 is 0 Å². The Morgan fingerprint density at radius 1 is 1.71 bits per heavy atom. The molecule has 0 saturated carbocycles.